The molecule has 0 radical (unpaired) electrons. The molecule has 4 rings (SSSR count). The van der Waals surface area contributed by atoms with Crippen molar-refractivity contribution in [3.63, 3.8) is 0 Å². The largest absolute Gasteiger partial charge is 0.262 e. The van der Waals surface area contributed by atoms with E-state index in [2.05, 4.69) is 39.4 Å². The Morgan fingerprint density at radius 2 is 1.92 bits per heavy atom. The van der Waals surface area contributed by atoms with Crippen LogP contribution in [0, 0.1) is 5.92 Å². The highest BCUT2D eigenvalue weighted by Crippen LogP contribution is 2.28. The highest BCUT2D eigenvalue weighted by Gasteiger charge is 2.15. The van der Waals surface area contributed by atoms with Gasteiger partial charge in [0.1, 0.15) is 5.82 Å². The number of pyridine rings is 1. The zero-order chi connectivity index (χ0) is 16.2. The third kappa shape index (κ3) is 3.78. The minimum absolute atomic E-state index is 0.796. The number of aryl methyl sites for hydroxylation is 1. The van der Waals surface area contributed by atoms with E-state index in [1.54, 1.807) is 11.8 Å². The Balaban J connectivity index is 1.33. The van der Waals surface area contributed by atoms with Crippen LogP contribution in [0.15, 0.2) is 41.6 Å². The van der Waals surface area contributed by atoms with Gasteiger partial charge in [-0.25, -0.2) is 4.98 Å². The fraction of sp³-hybridized carbons (Fsp3) is 0.421. The second kappa shape index (κ2) is 7.34. The molecule has 2 aromatic heterocycles. The van der Waals surface area contributed by atoms with Gasteiger partial charge in [-0.3, -0.25) is 10.1 Å². The molecule has 1 saturated carbocycles. The normalized spacial score (nSPS) is 15.3. The summed E-state index contributed by atoms with van der Waals surface area (Å²) in [6, 6.07) is 12.4. The first-order valence-electron chi connectivity index (χ1n) is 8.75. The quantitative estimate of drug-likeness (QED) is 0.658. The van der Waals surface area contributed by atoms with Gasteiger partial charge in [0, 0.05) is 17.6 Å². The van der Waals surface area contributed by atoms with Crippen molar-refractivity contribution >= 4 is 22.7 Å². The van der Waals surface area contributed by atoms with E-state index in [9.17, 15) is 0 Å². The van der Waals surface area contributed by atoms with E-state index in [0.29, 0.717) is 0 Å². The van der Waals surface area contributed by atoms with Crippen molar-refractivity contribution < 1.29 is 0 Å². The minimum Gasteiger partial charge on any atom is -0.262 e. The number of thioether (sulfide) groups is 1. The van der Waals surface area contributed by atoms with Crippen LogP contribution < -0.4 is 0 Å². The number of H-pyrrole nitrogens is 1. The summed E-state index contributed by atoms with van der Waals surface area (Å²) in [5.74, 6) is 2.72. The summed E-state index contributed by atoms with van der Waals surface area (Å²) < 4.78 is 0. The van der Waals surface area contributed by atoms with Crippen molar-refractivity contribution in [1.29, 1.82) is 0 Å². The fourth-order valence-corrected chi connectivity index (χ4v) is 4.14. The molecule has 5 heteroatoms. The topological polar surface area (TPSA) is 54.5 Å². The molecular weight excluding hydrogens is 316 g/mol. The maximum Gasteiger partial charge on any atom is 0.208 e. The van der Waals surface area contributed by atoms with Crippen molar-refractivity contribution in [1.82, 2.24) is 20.2 Å². The SMILES string of the molecule is c1ccc2nc(CSc3n[nH]c(CCC4CCCC4)n3)ccc2c1. The lowest BCUT2D eigenvalue weighted by Crippen LogP contribution is -1.97. The summed E-state index contributed by atoms with van der Waals surface area (Å²) in [6.45, 7) is 0. The van der Waals surface area contributed by atoms with Crippen LogP contribution in [0.25, 0.3) is 10.9 Å². The first kappa shape index (κ1) is 15.6. The van der Waals surface area contributed by atoms with Crippen molar-refractivity contribution in [2.24, 2.45) is 5.92 Å². The van der Waals surface area contributed by atoms with Crippen LogP contribution in [0.3, 0.4) is 0 Å². The number of rotatable bonds is 6. The first-order chi connectivity index (χ1) is 11.9. The van der Waals surface area contributed by atoms with Crippen molar-refractivity contribution in [3.05, 3.63) is 47.9 Å². The van der Waals surface area contributed by atoms with Gasteiger partial charge in [-0.15, -0.1) is 5.10 Å². The van der Waals surface area contributed by atoms with Crippen molar-refractivity contribution in [2.45, 2.75) is 49.4 Å². The standard InChI is InChI=1S/C19H22N4S/c1-2-6-14(5-1)9-12-18-21-19(23-22-18)24-13-16-11-10-15-7-3-4-8-17(15)20-16/h3-4,7-8,10-11,14H,1-2,5-6,9,12-13H2,(H,21,22,23). The molecule has 1 N–H and O–H groups in total. The molecule has 1 aliphatic carbocycles. The van der Waals surface area contributed by atoms with E-state index in [4.69, 9.17) is 4.98 Å². The van der Waals surface area contributed by atoms with Crippen LogP contribution >= 0.6 is 11.8 Å². The van der Waals surface area contributed by atoms with E-state index in [-0.39, 0.29) is 0 Å². The van der Waals surface area contributed by atoms with Gasteiger partial charge in [0.05, 0.1) is 11.2 Å². The second-order valence-electron chi connectivity index (χ2n) is 6.54. The molecule has 3 aromatic rings. The predicted octanol–water partition coefficient (Wildman–Crippen LogP) is 4.77. The van der Waals surface area contributed by atoms with Crippen LogP contribution in [0.4, 0.5) is 0 Å². The van der Waals surface area contributed by atoms with Gasteiger partial charge >= 0.3 is 0 Å². The molecular formula is C19H22N4S. The summed E-state index contributed by atoms with van der Waals surface area (Å²) in [4.78, 5) is 9.32. The summed E-state index contributed by atoms with van der Waals surface area (Å²) in [6.07, 6.45) is 7.85. The van der Waals surface area contributed by atoms with E-state index in [0.717, 1.165) is 40.3 Å². The monoisotopic (exact) mass is 338 g/mol. The van der Waals surface area contributed by atoms with E-state index in [1.807, 2.05) is 12.1 Å². The zero-order valence-electron chi connectivity index (χ0n) is 13.7. The van der Waals surface area contributed by atoms with Crippen molar-refractivity contribution in [3.8, 4) is 0 Å². The van der Waals surface area contributed by atoms with Crippen LogP contribution in [0.5, 0.6) is 0 Å². The Bertz CT molecular complexity index is 808. The maximum atomic E-state index is 4.70. The molecule has 4 nitrogen and oxygen atoms in total. The fourth-order valence-electron chi connectivity index (χ4n) is 3.42. The number of hydrogen-bond donors (Lipinski definition) is 1. The Morgan fingerprint density at radius 3 is 2.83 bits per heavy atom. The molecule has 1 fully saturated rings. The number of para-hydroxylation sites is 1. The average molecular weight is 338 g/mol. The maximum absolute atomic E-state index is 4.70. The average Bonchev–Trinajstić information content (AvgIpc) is 3.29. The predicted molar refractivity (Wildman–Crippen MR) is 98.0 cm³/mol. The Morgan fingerprint density at radius 1 is 1.04 bits per heavy atom. The number of benzene rings is 1. The lowest BCUT2D eigenvalue weighted by molar-refractivity contribution is 0.497. The molecule has 0 spiro atoms. The summed E-state index contributed by atoms with van der Waals surface area (Å²) in [5, 5.41) is 9.44. The number of nitrogens with zero attached hydrogens (tertiary/aromatic N) is 3. The van der Waals surface area contributed by atoms with Gasteiger partial charge in [0.15, 0.2) is 0 Å². The van der Waals surface area contributed by atoms with Crippen LogP contribution in [-0.4, -0.2) is 20.2 Å². The summed E-state index contributed by atoms with van der Waals surface area (Å²) >= 11 is 1.65. The van der Waals surface area contributed by atoms with E-state index >= 15 is 0 Å². The molecule has 0 amide bonds. The smallest absolute Gasteiger partial charge is 0.208 e. The summed E-state index contributed by atoms with van der Waals surface area (Å²) in [7, 11) is 0. The number of nitrogens with one attached hydrogen (secondary N) is 1. The summed E-state index contributed by atoms with van der Waals surface area (Å²) in [5.41, 5.74) is 2.11. The van der Waals surface area contributed by atoms with Crippen LogP contribution in [0.1, 0.15) is 43.6 Å². The van der Waals surface area contributed by atoms with Gasteiger partial charge in [-0.1, -0.05) is 61.7 Å². The van der Waals surface area contributed by atoms with E-state index in [1.165, 1.54) is 37.5 Å². The van der Waals surface area contributed by atoms with Crippen molar-refractivity contribution in [2.75, 3.05) is 0 Å². The Kier molecular flexibility index (Phi) is 4.78. The highest BCUT2D eigenvalue weighted by atomic mass is 32.2. The molecule has 24 heavy (non-hydrogen) atoms. The Hall–Kier alpha value is -1.88. The highest BCUT2D eigenvalue weighted by molar-refractivity contribution is 7.98. The zero-order valence-corrected chi connectivity index (χ0v) is 14.6. The molecule has 2 heterocycles. The third-order valence-electron chi connectivity index (χ3n) is 4.78. The van der Waals surface area contributed by atoms with Crippen LogP contribution in [0.2, 0.25) is 0 Å². The molecule has 1 aromatic carbocycles. The van der Waals surface area contributed by atoms with Gasteiger partial charge in [0.2, 0.25) is 5.16 Å². The van der Waals surface area contributed by atoms with E-state index < -0.39 is 0 Å². The van der Waals surface area contributed by atoms with Gasteiger partial charge < -0.3 is 0 Å². The third-order valence-corrected chi connectivity index (χ3v) is 5.66. The number of aromatic nitrogens is 4. The second-order valence-corrected chi connectivity index (χ2v) is 7.48. The molecule has 0 bridgehead atoms. The Labute approximate surface area is 146 Å². The lowest BCUT2D eigenvalue weighted by atomic mass is 10.0. The number of aromatic amines is 1. The van der Waals surface area contributed by atoms with Gasteiger partial charge in [-0.2, -0.15) is 0 Å². The first-order valence-corrected chi connectivity index (χ1v) is 9.74. The van der Waals surface area contributed by atoms with Gasteiger partial charge in [0.25, 0.3) is 0 Å². The molecule has 0 aliphatic heterocycles. The number of fused-ring (bicyclic) bond motifs is 1. The van der Waals surface area contributed by atoms with Gasteiger partial charge in [-0.05, 0) is 24.5 Å². The minimum atomic E-state index is 0.796. The molecule has 0 saturated heterocycles. The lowest BCUT2D eigenvalue weighted by Gasteiger charge is -2.05. The molecule has 124 valence electrons. The molecule has 1 aliphatic rings. The number of hydrogen-bond acceptors (Lipinski definition) is 4. The molecule has 0 unspecified atom stereocenters. The van der Waals surface area contributed by atoms with Crippen LogP contribution in [-0.2, 0) is 12.2 Å². The molecule has 0 atom stereocenters.